The Morgan fingerprint density at radius 3 is 2.32 bits per heavy atom. The number of aromatic nitrogens is 4. The first kappa shape index (κ1) is 17.0. The van der Waals surface area contributed by atoms with Gasteiger partial charge >= 0.3 is 6.18 Å². The highest BCUT2D eigenvalue weighted by Crippen LogP contribution is 2.35. The molecule has 0 aromatic carbocycles. The fourth-order valence-corrected chi connectivity index (χ4v) is 2.12. The van der Waals surface area contributed by atoms with E-state index in [0.29, 0.717) is 10.9 Å². The molecular weight excluding hydrogens is 338 g/mol. The molecule has 3 aromatic heterocycles. The second kappa shape index (κ2) is 5.91. The van der Waals surface area contributed by atoms with Crippen LogP contribution in [0, 0.1) is 5.82 Å². The topological polar surface area (TPSA) is 63.6 Å². The highest BCUT2D eigenvalue weighted by Gasteiger charge is 2.47. The first-order chi connectivity index (χ1) is 11.7. The van der Waals surface area contributed by atoms with E-state index in [1.54, 1.807) is 0 Å². The maximum absolute atomic E-state index is 14.0. The lowest BCUT2D eigenvalue weighted by molar-refractivity contribution is -0.168. The lowest BCUT2D eigenvalue weighted by atomic mass is 10.0. The van der Waals surface area contributed by atoms with Crippen LogP contribution in [0.1, 0.15) is 13.8 Å². The van der Waals surface area contributed by atoms with Gasteiger partial charge in [-0.2, -0.15) is 13.2 Å². The Balaban J connectivity index is 2.19. The third-order valence-electron chi connectivity index (χ3n) is 3.65. The van der Waals surface area contributed by atoms with Gasteiger partial charge in [0.2, 0.25) is 0 Å². The Morgan fingerprint density at radius 1 is 0.960 bits per heavy atom. The molecule has 0 amide bonds. The van der Waals surface area contributed by atoms with Crippen LogP contribution in [0.4, 0.5) is 23.4 Å². The third kappa shape index (κ3) is 3.21. The molecular formula is C16H13F4N5. The number of alkyl halides is 3. The van der Waals surface area contributed by atoms with Gasteiger partial charge in [0, 0.05) is 17.8 Å². The lowest BCUT2D eigenvalue weighted by Crippen LogP contribution is -2.46. The predicted octanol–water partition coefficient (Wildman–Crippen LogP) is 3.98. The average Bonchev–Trinajstić information content (AvgIpc) is 2.54. The van der Waals surface area contributed by atoms with Gasteiger partial charge in [-0.1, -0.05) is 0 Å². The maximum atomic E-state index is 14.0. The molecule has 0 aliphatic rings. The molecule has 0 aliphatic heterocycles. The fourth-order valence-electron chi connectivity index (χ4n) is 2.12. The SMILES string of the molecule is CC(C)(Nc1nc(-c2ccncc2F)nc2cnccc12)C(F)(F)F. The van der Waals surface area contributed by atoms with E-state index in [0.717, 1.165) is 20.0 Å². The number of pyridine rings is 2. The van der Waals surface area contributed by atoms with E-state index in [1.807, 2.05) is 0 Å². The summed E-state index contributed by atoms with van der Waals surface area (Å²) in [5.41, 5.74) is -1.91. The first-order valence-corrected chi connectivity index (χ1v) is 7.25. The van der Waals surface area contributed by atoms with E-state index in [-0.39, 0.29) is 17.2 Å². The molecule has 0 spiro atoms. The number of fused-ring (bicyclic) bond motifs is 1. The van der Waals surface area contributed by atoms with Gasteiger partial charge in [0.05, 0.1) is 23.5 Å². The summed E-state index contributed by atoms with van der Waals surface area (Å²) in [6.07, 6.45) is 0.621. The van der Waals surface area contributed by atoms with E-state index < -0.39 is 17.5 Å². The van der Waals surface area contributed by atoms with Crippen molar-refractivity contribution in [3.63, 3.8) is 0 Å². The summed E-state index contributed by atoms with van der Waals surface area (Å²) in [4.78, 5) is 15.9. The molecule has 0 bridgehead atoms. The molecule has 0 aliphatic carbocycles. The van der Waals surface area contributed by atoms with Crippen LogP contribution in [0.25, 0.3) is 22.3 Å². The van der Waals surface area contributed by atoms with Crippen LogP contribution in [0.3, 0.4) is 0 Å². The molecule has 0 atom stereocenters. The molecule has 0 saturated carbocycles. The van der Waals surface area contributed by atoms with Crippen molar-refractivity contribution in [1.82, 2.24) is 19.9 Å². The van der Waals surface area contributed by atoms with E-state index in [9.17, 15) is 17.6 Å². The first-order valence-electron chi connectivity index (χ1n) is 7.25. The maximum Gasteiger partial charge on any atom is 0.410 e. The minimum atomic E-state index is -4.51. The van der Waals surface area contributed by atoms with Gasteiger partial charge < -0.3 is 5.32 Å². The van der Waals surface area contributed by atoms with Crippen LogP contribution < -0.4 is 5.32 Å². The summed E-state index contributed by atoms with van der Waals surface area (Å²) in [5.74, 6) is -0.784. The highest BCUT2D eigenvalue weighted by molar-refractivity contribution is 5.90. The molecule has 0 saturated heterocycles. The van der Waals surface area contributed by atoms with Crippen molar-refractivity contribution >= 4 is 16.7 Å². The molecule has 130 valence electrons. The molecule has 3 rings (SSSR count). The van der Waals surface area contributed by atoms with E-state index in [1.165, 1.54) is 30.7 Å². The predicted molar refractivity (Wildman–Crippen MR) is 84.3 cm³/mol. The van der Waals surface area contributed by atoms with Gasteiger partial charge in [0.15, 0.2) is 11.6 Å². The number of anilines is 1. The van der Waals surface area contributed by atoms with Crippen LogP contribution in [0.5, 0.6) is 0 Å². The van der Waals surface area contributed by atoms with Gasteiger partial charge in [-0.05, 0) is 26.0 Å². The number of halogens is 4. The van der Waals surface area contributed by atoms with E-state index >= 15 is 0 Å². The van der Waals surface area contributed by atoms with Crippen molar-refractivity contribution in [2.24, 2.45) is 0 Å². The second-order valence-electron chi connectivity index (χ2n) is 5.89. The minimum Gasteiger partial charge on any atom is -0.356 e. The Bertz CT molecular complexity index is 924. The summed E-state index contributed by atoms with van der Waals surface area (Å²) >= 11 is 0. The summed E-state index contributed by atoms with van der Waals surface area (Å²) in [6, 6.07) is 2.85. The van der Waals surface area contributed by atoms with Crippen molar-refractivity contribution in [3.8, 4) is 11.4 Å². The average molecular weight is 351 g/mol. The largest absolute Gasteiger partial charge is 0.410 e. The van der Waals surface area contributed by atoms with Gasteiger partial charge in [-0.15, -0.1) is 0 Å². The second-order valence-corrected chi connectivity index (χ2v) is 5.89. The van der Waals surface area contributed by atoms with E-state index in [4.69, 9.17) is 0 Å². The Hall–Kier alpha value is -2.84. The zero-order valence-corrected chi connectivity index (χ0v) is 13.3. The number of hydrogen-bond donors (Lipinski definition) is 1. The zero-order valence-electron chi connectivity index (χ0n) is 13.3. The summed E-state index contributed by atoms with van der Waals surface area (Å²) in [6.45, 7) is 1.99. The molecule has 5 nitrogen and oxygen atoms in total. The third-order valence-corrected chi connectivity index (χ3v) is 3.65. The van der Waals surface area contributed by atoms with Crippen LogP contribution in [-0.2, 0) is 0 Å². The molecule has 25 heavy (non-hydrogen) atoms. The van der Waals surface area contributed by atoms with Crippen molar-refractivity contribution in [1.29, 1.82) is 0 Å². The summed E-state index contributed by atoms with van der Waals surface area (Å²) in [5, 5.41) is 2.74. The quantitative estimate of drug-likeness (QED) is 0.723. The van der Waals surface area contributed by atoms with Crippen molar-refractivity contribution < 1.29 is 17.6 Å². The molecule has 0 radical (unpaired) electrons. The van der Waals surface area contributed by atoms with Crippen LogP contribution in [-0.4, -0.2) is 31.7 Å². The standard InChI is InChI=1S/C16H13F4N5/c1-15(2,16(18,19)20)25-14-10-4-6-22-8-12(10)23-13(24-14)9-3-5-21-7-11(9)17/h3-8H,1-2H3,(H,23,24,25). The van der Waals surface area contributed by atoms with Gasteiger partial charge in [0.1, 0.15) is 11.4 Å². The summed E-state index contributed by atoms with van der Waals surface area (Å²) < 4.78 is 53.6. The Labute approximate surface area is 140 Å². The molecule has 1 N–H and O–H groups in total. The molecule has 9 heteroatoms. The van der Waals surface area contributed by atoms with Crippen LogP contribution in [0.2, 0.25) is 0 Å². The normalized spacial score (nSPS) is 12.4. The fraction of sp³-hybridized carbons (Fsp3) is 0.250. The van der Waals surface area contributed by atoms with E-state index in [2.05, 4.69) is 25.3 Å². The number of nitrogens with one attached hydrogen (secondary N) is 1. The minimum absolute atomic E-state index is 0.0358. The van der Waals surface area contributed by atoms with Gasteiger partial charge in [0.25, 0.3) is 0 Å². The van der Waals surface area contributed by atoms with Crippen molar-refractivity contribution in [2.45, 2.75) is 25.6 Å². The van der Waals surface area contributed by atoms with Gasteiger partial charge in [-0.25, -0.2) is 14.4 Å². The Kier molecular flexibility index (Phi) is 4.02. The lowest BCUT2D eigenvalue weighted by Gasteiger charge is -2.30. The van der Waals surface area contributed by atoms with Crippen molar-refractivity contribution in [2.75, 3.05) is 5.32 Å². The molecule has 0 unspecified atom stereocenters. The smallest absolute Gasteiger partial charge is 0.356 e. The van der Waals surface area contributed by atoms with Crippen LogP contribution >= 0.6 is 0 Å². The number of rotatable bonds is 3. The highest BCUT2D eigenvalue weighted by atomic mass is 19.4. The monoisotopic (exact) mass is 351 g/mol. The van der Waals surface area contributed by atoms with Crippen LogP contribution in [0.15, 0.2) is 36.9 Å². The number of nitrogens with zero attached hydrogens (tertiary/aromatic N) is 4. The number of hydrogen-bond acceptors (Lipinski definition) is 5. The summed E-state index contributed by atoms with van der Waals surface area (Å²) in [7, 11) is 0. The molecule has 0 fully saturated rings. The zero-order chi connectivity index (χ0) is 18.2. The van der Waals surface area contributed by atoms with Crippen molar-refractivity contribution in [3.05, 3.63) is 42.7 Å². The molecule has 3 heterocycles. The Morgan fingerprint density at radius 2 is 1.64 bits per heavy atom. The van der Waals surface area contributed by atoms with Gasteiger partial charge in [-0.3, -0.25) is 9.97 Å². The molecule has 3 aromatic rings.